The molecule has 1 aliphatic rings. The van der Waals surface area contributed by atoms with Gasteiger partial charge in [0.1, 0.15) is 6.26 Å². The predicted octanol–water partition coefficient (Wildman–Crippen LogP) is 3.61. The molecule has 1 fully saturated rings. The van der Waals surface area contributed by atoms with Crippen LogP contribution in [0.15, 0.2) is 39.9 Å². The highest BCUT2D eigenvalue weighted by molar-refractivity contribution is 14.0. The second kappa shape index (κ2) is 9.05. The molecule has 0 aliphatic carbocycles. The van der Waals surface area contributed by atoms with Crippen molar-refractivity contribution in [2.45, 2.75) is 32.6 Å². The highest BCUT2D eigenvalue weighted by Crippen LogP contribution is 2.19. The average Bonchev–Trinajstić information content (AvgIpc) is 3.05. The van der Waals surface area contributed by atoms with E-state index in [4.69, 9.17) is 10.2 Å². The number of hydrogen-bond donors (Lipinski definition) is 1. The zero-order chi connectivity index (χ0) is 16.1. The first-order chi connectivity index (χ1) is 11.2. The Hall–Kier alpha value is -1.57. The van der Waals surface area contributed by atoms with Gasteiger partial charge in [0, 0.05) is 31.6 Å². The summed E-state index contributed by atoms with van der Waals surface area (Å²) in [6.45, 7) is 4.76. The second-order valence-corrected chi connectivity index (χ2v) is 6.05. The number of nitrogens with zero attached hydrogens (tertiary/aromatic N) is 3. The molecule has 0 saturated carbocycles. The van der Waals surface area contributed by atoms with Gasteiger partial charge in [-0.15, -0.1) is 24.0 Å². The molecule has 0 bridgehead atoms. The van der Waals surface area contributed by atoms with Gasteiger partial charge in [-0.3, -0.25) is 4.99 Å². The molecule has 0 unspecified atom stereocenters. The van der Waals surface area contributed by atoms with Crippen molar-refractivity contribution in [3.63, 3.8) is 0 Å². The first-order valence-electron chi connectivity index (χ1n) is 8.29. The summed E-state index contributed by atoms with van der Waals surface area (Å²) in [7, 11) is 0. The molecule has 6 heteroatoms. The molecule has 1 saturated heterocycles. The van der Waals surface area contributed by atoms with E-state index < -0.39 is 0 Å². The van der Waals surface area contributed by atoms with E-state index in [1.807, 2.05) is 12.1 Å². The molecule has 1 aromatic heterocycles. The predicted molar refractivity (Wildman–Crippen MR) is 108 cm³/mol. The topological polar surface area (TPSA) is 67.7 Å². The first-order valence-corrected chi connectivity index (χ1v) is 8.29. The lowest BCUT2D eigenvalue weighted by Gasteiger charge is -2.27. The Bertz CT molecular complexity index is 660. The number of hydrogen-bond acceptors (Lipinski definition) is 3. The standard InChI is InChI=1S/C18H24N4O.HI/c1-14-5-7-15(8-6-14)17-21-16(13-23-17)9-10-20-18(19)22-11-3-2-4-12-22;/h5-8,13H,2-4,9-12H2,1H3,(H2,19,20);1H. The van der Waals surface area contributed by atoms with Gasteiger partial charge in [0.25, 0.3) is 0 Å². The van der Waals surface area contributed by atoms with E-state index >= 15 is 0 Å². The van der Waals surface area contributed by atoms with Crippen LogP contribution in [0.4, 0.5) is 0 Å². The Morgan fingerprint density at radius 2 is 1.92 bits per heavy atom. The lowest BCUT2D eigenvalue weighted by atomic mass is 10.1. The molecule has 0 spiro atoms. The van der Waals surface area contributed by atoms with Crippen LogP contribution in [-0.2, 0) is 6.42 Å². The maximum atomic E-state index is 6.06. The number of halogens is 1. The molecule has 0 amide bonds. The number of piperidine rings is 1. The van der Waals surface area contributed by atoms with E-state index in [1.165, 1.54) is 24.8 Å². The molecule has 2 aromatic rings. The van der Waals surface area contributed by atoms with E-state index in [9.17, 15) is 0 Å². The molecule has 2 heterocycles. The summed E-state index contributed by atoms with van der Waals surface area (Å²) in [5.41, 5.74) is 9.19. The van der Waals surface area contributed by atoms with Crippen molar-refractivity contribution in [1.29, 1.82) is 0 Å². The van der Waals surface area contributed by atoms with E-state index in [1.54, 1.807) is 6.26 Å². The van der Waals surface area contributed by atoms with Gasteiger partial charge < -0.3 is 15.1 Å². The Morgan fingerprint density at radius 3 is 2.62 bits per heavy atom. The fraction of sp³-hybridized carbons (Fsp3) is 0.444. The lowest BCUT2D eigenvalue weighted by molar-refractivity contribution is 0.338. The highest BCUT2D eigenvalue weighted by atomic mass is 127. The number of aromatic nitrogens is 1. The Morgan fingerprint density at radius 1 is 1.21 bits per heavy atom. The van der Waals surface area contributed by atoms with E-state index in [-0.39, 0.29) is 24.0 Å². The van der Waals surface area contributed by atoms with Crippen LogP contribution in [0.2, 0.25) is 0 Å². The number of rotatable bonds is 4. The number of nitrogens with two attached hydrogens (primary N) is 1. The molecule has 130 valence electrons. The van der Waals surface area contributed by atoms with Crippen molar-refractivity contribution in [2.75, 3.05) is 19.6 Å². The van der Waals surface area contributed by atoms with Gasteiger partial charge in [-0.2, -0.15) is 0 Å². The summed E-state index contributed by atoms with van der Waals surface area (Å²) < 4.78 is 5.56. The smallest absolute Gasteiger partial charge is 0.226 e. The fourth-order valence-corrected chi connectivity index (χ4v) is 2.76. The van der Waals surface area contributed by atoms with Gasteiger partial charge in [-0.05, 0) is 38.3 Å². The van der Waals surface area contributed by atoms with Crippen LogP contribution >= 0.6 is 24.0 Å². The van der Waals surface area contributed by atoms with Gasteiger partial charge in [0.15, 0.2) is 5.96 Å². The fourth-order valence-electron chi connectivity index (χ4n) is 2.76. The number of oxazole rings is 1. The first kappa shape index (κ1) is 18.8. The zero-order valence-electron chi connectivity index (χ0n) is 14.1. The van der Waals surface area contributed by atoms with Crippen LogP contribution in [0.1, 0.15) is 30.5 Å². The van der Waals surface area contributed by atoms with Crippen molar-refractivity contribution in [3.05, 3.63) is 41.8 Å². The summed E-state index contributed by atoms with van der Waals surface area (Å²) in [5, 5.41) is 0. The second-order valence-electron chi connectivity index (χ2n) is 6.05. The van der Waals surface area contributed by atoms with Crippen molar-refractivity contribution < 1.29 is 4.42 Å². The van der Waals surface area contributed by atoms with Crippen LogP contribution < -0.4 is 5.73 Å². The molecule has 5 nitrogen and oxygen atoms in total. The van der Waals surface area contributed by atoms with Crippen molar-refractivity contribution in [3.8, 4) is 11.5 Å². The zero-order valence-corrected chi connectivity index (χ0v) is 16.4. The van der Waals surface area contributed by atoms with Crippen molar-refractivity contribution in [2.24, 2.45) is 10.7 Å². The SMILES string of the molecule is Cc1ccc(-c2nc(CCN=C(N)N3CCCCC3)co2)cc1.I. The van der Waals surface area contributed by atoms with E-state index in [2.05, 4.69) is 33.9 Å². The van der Waals surface area contributed by atoms with Crippen LogP contribution in [0.3, 0.4) is 0 Å². The maximum absolute atomic E-state index is 6.06. The summed E-state index contributed by atoms with van der Waals surface area (Å²) in [6.07, 6.45) is 6.16. The molecule has 24 heavy (non-hydrogen) atoms. The highest BCUT2D eigenvalue weighted by Gasteiger charge is 2.12. The van der Waals surface area contributed by atoms with E-state index in [0.717, 1.165) is 30.8 Å². The number of aliphatic imine (C=N–C) groups is 1. The summed E-state index contributed by atoms with van der Waals surface area (Å²) in [4.78, 5) is 11.2. The Kier molecular flexibility index (Phi) is 7.08. The largest absolute Gasteiger partial charge is 0.444 e. The molecule has 3 rings (SSSR count). The molecule has 0 radical (unpaired) electrons. The summed E-state index contributed by atoms with van der Waals surface area (Å²) in [5.74, 6) is 1.32. The molecule has 2 N–H and O–H groups in total. The third kappa shape index (κ3) is 4.96. The van der Waals surface area contributed by atoms with Crippen LogP contribution in [0.5, 0.6) is 0 Å². The van der Waals surface area contributed by atoms with E-state index in [0.29, 0.717) is 18.4 Å². The average molecular weight is 440 g/mol. The minimum absolute atomic E-state index is 0. The van der Waals surface area contributed by atoms with Gasteiger partial charge in [0.05, 0.1) is 5.69 Å². The van der Waals surface area contributed by atoms with Gasteiger partial charge in [0.2, 0.25) is 5.89 Å². The molecular formula is C18H25IN4O. The van der Waals surface area contributed by atoms with Crippen LogP contribution in [-0.4, -0.2) is 35.5 Å². The Balaban J connectivity index is 0.00000208. The molecule has 1 aliphatic heterocycles. The molecule has 0 atom stereocenters. The Labute approximate surface area is 160 Å². The van der Waals surface area contributed by atoms with Crippen molar-refractivity contribution >= 4 is 29.9 Å². The number of likely N-dealkylation sites (tertiary alicyclic amines) is 1. The normalized spacial score (nSPS) is 15.2. The summed E-state index contributed by atoms with van der Waals surface area (Å²) >= 11 is 0. The number of guanidine groups is 1. The monoisotopic (exact) mass is 440 g/mol. The molecule has 1 aromatic carbocycles. The molecular weight excluding hydrogens is 415 g/mol. The van der Waals surface area contributed by atoms with Crippen LogP contribution in [0, 0.1) is 6.92 Å². The lowest BCUT2D eigenvalue weighted by Crippen LogP contribution is -2.41. The minimum Gasteiger partial charge on any atom is -0.444 e. The van der Waals surface area contributed by atoms with Gasteiger partial charge >= 0.3 is 0 Å². The van der Waals surface area contributed by atoms with Gasteiger partial charge in [-0.1, -0.05) is 17.7 Å². The quantitative estimate of drug-likeness (QED) is 0.448. The maximum Gasteiger partial charge on any atom is 0.226 e. The number of aryl methyl sites for hydroxylation is 1. The van der Waals surface area contributed by atoms with Crippen molar-refractivity contribution in [1.82, 2.24) is 9.88 Å². The van der Waals surface area contributed by atoms with Crippen LogP contribution in [0.25, 0.3) is 11.5 Å². The third-order valence-electron chi connectivity index (χ3n) is 4.17. The summed E-state index contributed by atoms with van der Waals surface area (Å²) in [6, 6.07) is 8.17. The minimum atomic E-state index is 0. The van der Waals surface area contributed by atoms with Gasteiger partial charge in [-0.25, -0.2) is 4.98 Å². The third-order valence-corrected chi connectivity index (χ3v) is 4.17. The number of benzene rings is 1.